The van der Waals surface area contributed by atoms with Crippen LogP contribution in [0.4, 0.5) is 30.2 Å². The molecule has 0 bridgehead atoms. The lowest BCUT2D eigenvalue weighted by Crippen LogP contribution is -2.14. The molecule has 26 heavy (non-hydrogen) atoms. The molecule has 0 atom stereocenters. The molecule has 0 saturated heterocycles. The Hall–Kier alpha value is -3.42. The van der Waals surface area contributed by atoms with E-state index in [0.29, 0.717) is 11.4 Å². The number of carbonyl (C=O) groups excluding carboxylic acids is 1. The van der Waals surface area contributed by atoms with E-state index < -0.39 is 17.8 Å². The summed E-state index contributed by atoms with van der Waals surface area (Å²) in [4.78, 5) is 19.7. The van der Waals surface area contributed by atoms with Crippen molar-refractivity contribution in [3.63, 3.8) is 0 Å². The lowest BCUT2D eigenvalue weighted by molar-refractivity contribution is -0.141. The smallest absolute Gasteiger partial charge is 0.355 e. The lowest BCUT2D eigenvalue weighted by Gasteiger charge is -2.13. The summed E-state index contributed by atoms with van der Waals surface area (Å²) in [6.07, 6.45) is -0.419. The molecule has 0 aliphatic rings. The average molecular weight is 358 g/mol. The van der Waals surface area contributed by atoms with Crippen LogP contribution in [0.1, 0.15) is 16.1 Å². The number of pyridine rings is 2. The van der Waals surface area contributed by atoms with Crippen LogP contribution in [0.25, 0.3) is 0 Å². The summed E-state index contributed by atoms with van der Waals surface area (Å²) in [6.45, 7) is 0. The highest BCUT2D eigenvalue weighted by Gasteiger charge is 2.32. The maximum absolute atomic E-state index is 12.8. The highest BCUT2D eigenvalue weighted by molar-refractivity contribution is 6.08. The number of aromatic nitrogens is 2. The molecule has 132 valence electrons. The van der Waals surface area contributed by atoms with Crippen LogP contribution in [0.2, 0.25) is 0 Å². The van der Waals surface area contributed by atoms with E-state index in [0.717, 1.165) is 12.3 Å². The molecular weight excluding hydrogens is 345 g/mol. The molecule has 3 aromatic rings. The minimum atomic E-state index is -4.55. The van der Waals surface area contributed by atoms with Gasteiger partial charge in [-0.3, -0.25) is 14.8 Å². The molecule has 2 N–H and O–H groups in total. The second kappa shape index (κ2) is 7.22. The highest BCUT2D eigenvalue weighted by Crippen LogP contribution is 2.30. The van der Waals surface area contributed by atoms with Crippen LogP contribution < -0.4 is 10.6 Å². The van der Waals surface area contributed by atoms with Crippen LogP contribution in [0.3, 0.4) is 0 Å². The Kier molecular flexibility index (Phi) is 4.83. The van der Waals surface area contributed by atoms with Crippen molar-refractivity contribution in [3.8, 4) is 0 Å². The van der Waals surface area contributed by atoms with Crippen molar-refractivity contribution in [2.24, 2.45) is 0 Å². The number of hydrogen-bond donors (Lipinski definition) is 2. The second-order valence-electron chi connectivity index (χ2n) is 5.29. The monoisotopic (exact) mass is 358 g/mol. The quantitative estimate of drug-likeness (QED) is 0.721. The number of carbonyl (C=O) groups is 1. The van der Waals surface area contributed by atoms with E-state index in [1.54, 1.807) is 42.6 Å². The molecule has 0 radical (unpaired) electrons. The van der Waals surface area contributed by atoms with E-state index in [1.165, 1.54) is 12.3 Å². The van der Waals surface area contributed by atoms with Gasteiger partial charge in [-0.15, -0.1) is 0 Å². The van der Waals surface area contributed by atoms with Crippen LogP contribution in [-0.2, 0) is 6.18 Å². The van der Waals surface area contributed by atoms with E-state index in [-0.39, 0.29) is 11.3 Å². The molecule has 0 unspecified atom stereocenters. The fourth-order valence-electron chi connectivity index (χ4n) is 2.24. The van der Waals surface area contributed by atoms with Crippen molar-refractivity contribution in [2.75, 3.05) is 10.6 Å². The third kappa shape index (κ3) is 4.15. The Labute approximate surface area is 146 Å². The molecule has 5 nitrogen and oxygen atoms in total. The van der Waals surface area contributed by atoms with Crippen molar-refractivity contribution >= 4 is 23.0 Å². The summed E-state index contributed by atoms with van der Waals surface area (Å²) < 4.78 is 38.4. The van der Waals surface area contributed by atoms with Gasteiger partial charge in [-0.05, 0) is 36.4 Å². The molecule has 3 rings (SSSR count). The third-order valence-corrected chi connectivity index (χ3v) is 3.42. The van der Waals surface area contributed by atoms with Gasteiger partial charge >= 0.3 is 6.18 Å². The lowest BCUT2D eigenvalue weighted by atomic mass is 10.1. The van der Waals surface area contributed by atoms with Crippen LogP contribution >= 0.6 is 0 Å². The summed E-state index contributed by atoms with van der Waals surface area (Å²) in [5.41, 5.74) is 0.319. The molecule has 8 heteroatoms. The van der Waals surface area contributed by atoms with Crippen molar-refractivity contribution in [1.82, 2.24) is 9.97 Å². The molecule has 0 fully saturated rings. The molecular formula is C18H13F3N4O. The number of amides is 1. The standard InChI is InChI=1S/C18H13F3N4O/c19-18(20,21)16-10-12(7-9-23-16)24-15-6-2-1-5-14(15)17(26)25-13-4-3-8-22-11-13/h1-11H,(H,23,24)(H,25,26). The number of benzene rings is 1. The normalized spacial score (nSPS) is 11.0. The van der Waals surface area contributed by atoms with Gasteiger partial charge in [-0.2, -0.15) is 13.2 Å². The fourth-order valence-corrected chi connectivity index (χ4v) is 2.24. The number of rotatable bonds is 4. The Morgan fingerprint density at radius 3 is 2.50 bits per heavy atom. The third-order valence-electron chi connectivity index (χ3n) is 3.42. The summed E-state index contributed by atoms with van der Waals surface area (Å²) in [7, 11) is 0. The zero-order chi connectivity index (χ0) is 18.6. The van der Waals surface area contributed by atoms with Gasteiger partial charge < -0.3 is 10.6 Å². The van der Waals surface area contributed by atoms with Gasteiger partial charge in [0.05, 0.1) is 23.1 Å². The van der Waals surface area contributed by atoms with Gasteiger partial charge in [-0.25, -0.2) is 0 Å². The molecule has 2 heterocycles. The number of anilines is 3. The van der Waals surface area contributed by atoms with Gasteiger partial charge in [0, 0.05) is 18.1 Å². The number of alkyl halides is 3. The van der Waals surface area contributed by atoms with Gasteiger partial charge in [0.1, 0.15) is 5.69 Å². The van der Waals surface area contributed by atoms with Crippen LogP contribution in [0.15, 0.2) is 67.1 Å². The van der Waals surface area contributed by atoms with Gasteiger partial charge in [0.25, 0.3) is 5.91 Å². The molecule has 1 aromatic carbocycles. The zero-order valence-electron chi connectivity index (χ0n) is 13.3. The first-order valence-electron chi connectivity index (χ1n) is 7.54. The maximum atomic E-state index is 12.8. The summed E-state index contributed by atoms with van der Waals surface area (Å²) in [5, 5.41) is 5.52. The molecule has 1 amide bonds. The van der Waals surface area contributed by atoms with Crippen molar-refractivity contribution < 1.29 is 18.0 Å². The molecule has 0 spiro atoms. The van der Waals surface area contributed by atoms with E-state index in [4.69, 9.17) is 0 Å². The first-order chi connectivity index (χ1) is 12.4. The number of nitrogens with one attached hydrogen (secondary N) is 2. The SMILES string of the molecule is O=C(Nc1cccnc1)c1ccccc1Nc1ccnc(C(F)(F)F)c1. The number of halogens is 3. The minimum absolute atomic E-state index is 0.175. The van der Waals surface area contributed by atoms with E-state index in [1.807, 2.05) is 0 Å². The first kappa shape index (κ1) is 17.4. The zero-order valence-corrected chi connectivity index (χ0v) is 13.3. The highest BCUT2D eigenvalue weighted by atomic mass is 19.4. The molecule has 0 aliphatic heterocycles. The Morgan fingerprint density at radius 2 is 1.77 bits per heavy atom. The largest absolute Gasteiger partial charge is 0.433 e. The Bertz CT molecular complexity index is 914. The van der Waals surface area contributed by atoms with Gasteiger partial charge in [0.15, 0.2) is 0 Å². The minimum Gasteiger partial charge on any atom is -0.355 e. The first-order valence-corrected chi connectivity index (χ1v) is 7.54. The van der Waals surface area contributed by atoms with Crippen LogP contribution in [0.5, 0.6) is 0 Å². The predicted octanol–water partition coefficient (Wildman–Crippen LogP) is 4.49. The number of para-hydroxylation sites is 1. The Morgan fingerprint density at radius 1 is 0.962 bits per heavy atom. The molecule has 2 aromatic heterocycles. The van der Waals surface area contributed by atoms with E-state index >= 15 is 0 Å². The number of hydrogen-bond acceptors (Lipinski definition) is 4. The summed E-state index contributed by atoms with van der Waals surface area (Å²) in [5.74, 6) is -0.411. The van der Waals surface area contributed by atoms with E-state index in [2.05, 4.69) is 20.6 Å². The maximum Gasteiger partial charge on any atom is 0.433 e. The average Bonchev–Trinajstić information content (AvgIpc) is 2.62. The van der Waals surface area contributed by atoms with Crippen molar-refractivity contribution in [1.29, 1.82) is 0 Å². The summed E-state index contributed by atoms with van der Waals surface area (Å²) >= 11 is 0. The number of nitrogens with zero attached hydrogens (tertiary/aromatic N) is 2. The van der Waals surface area contributed by atoms with Crippen molar-refractivity contribution in [2.45, 2.75) is 6.18 Å². The summed E-state index contributed by atoms with van der Waals surface area (Å²) in [6, 6.07) is 12.1. The predicted molar refractivity (Wildman–Crippen MR) is 91.2 cm³/mol. The topological polar surface area (TPSA) is 66.9 Å². The fraction of sp³-hybridized carbons (Fsp3) is 0.0556. The molecule has 0 saturated carbocycles. The second-order valence-corrected chi connectivity index (χ2v) is 5.29. The molecule has 0 aliphatic carbocycles. The van der Waals surface area contributed by atoms with Crippen molar-refractivity contribution in [3.05, 3.63) is 78.4 Å². The van der Waals surface area contributed by atoms with Crippen LogP contribution in [0, 0.1) is 0 Å². The van der Waals surface area contributed by atoms with Crippen LogP contribution in [-0.4, -0.2) is 15.9 Å². The van der Waals surface area contributed by atoms with Gasteiger partial charge in [-0.1, -0.05) is 12.1 Å². The van der Waals surface area contributed by atoms with Gasteiger partial charge in [0.2, 0.25) is 0 Å². The van der Waals surface area contributed by atoms with E-state index in [9.17, 15) is 18.0 Å². The Balaban J connectivity index is 1.85.